The molecule has 0 saturated heterocycles. The molecule has 0 aliphatic rings. The highest BCUT2D eigenvalue weighted by atomic mass is 32.2. The van der Waals surface area contributed by atoms with E-state index in [-0.39, 0.29) is 17.0 Å². The summed E-state index contributed by atoms with van der Waals surface area (Å²) in [7, 11) is 0. The molecule has 6 heteroatoms. The quantitative estimate of drug-likeness (QED) is 0.760. The summed E-state index contributed by atoms with van der Waals surface area (Å²) in [6, 6.07) is 6.21. The zero-order chi connectivity index (χ0) is 15.2. The summed E-state index contributed by atoms with van der Waals surface area (Å²) in [5.74, 6) is -3.03. The standard InChI is InChI=1S/C14H19F2NO2S/c1-3-14(19,4-2)9-17-12(18)10-7-5-6-8-11(10)20-13(15)16/h5-8,13,19H,3-4,9H2,1-2H3,(H,17,18). The van der Waals surface area contributed by atoms with Crippen molar-refractivity contribution in [3.63, 3.8) is 0 Å². The Morgan fingerprint density at radius 1 is 1.35 bits per heavy atom. The van der Waals surface area contributed by atoms with Gasteiger partial charge in [-0.2, -0.15) is 8.78 Å². The molecular formula is C14H19F2NO2S. The van der Waals surface area contributed by atoms with Crippen molar-refractivity contribution >= 4 is 17.7 Å². The molecule has 20 heavy (non-hydrogen) atoms. The van der Waals surface area contributed by atoms with Gasteiger partial charge < -0.3 is 10.4 Å². The number of alkyl halides is 2. The maximum Gasteiger partial charge on any atom is 0.288 e. The summed E-state index contributed by atoms with van der Waals surface area (Å²) in [4.78, 5) is 12.3. The number of hydrogen-bond donors (Lipinski definition) is 2. The van der Waals surface area contributed by atoms with E-state index in [1.165, 1.54) is 12.1 Å². The highest BCUT2D eigenvalue weighted by molar-refractivity contribution is 7.99. The number of aliphatic hydroxyl groups is 1. The van der Waals surface area contributed by atoms with Crippen molar-refractivity contribution in [3.8, 4) is 0 Å². The summed E-state index contributed by atoms with van der Waals surface area (Å²) >= 11 is 0.342. The molecule has 0 aliphatic carbocycles. The summed E-state index contributed by atoms with van der Waals surface area (Å²) < 4.78 is 24.9. The molecule has 3 nitrogen and oxygen atoms in total. The van der Waals surface area contributed by atoms with Crippen LogP contribution < -0.4 is 5.32 Å². The van der Waals surface area contributed by atoms with Crippen molar-refractivity contribution in [3.05, 3.63) is 29.8 Å². The van der Waals surface area contributed by atoms with Crippen LogP contribution in [0.3, 0.4) is 0 Å². The number of amides is 1. The van der Waals surface area contributed by atoms with E-state index in [2.05, 4.69) is 5.32 Å². The molecule has 1 aromatic carbocycles. The Balaban J connectivity index is 2.77. The second-order valence-electron chi connectivity index (χ2n) is 4.49. The minimum atomic E-state index is -2.58. The average Bonchev–Trinajstić information content (AvgIpc) is 2.44. The molecule has 0 saturated carbocycles. The lowest BCUT2D eigenvalue weighted by molar-refractivity contribution is 0.0313. The van der Waals surface area contributed by atoms with Crippen LogP contribution in [0.2, 0.25) is 0 Å². The first-order chi connectivity index (χ1) is 9.41. The fraction of sp³-hybridized carbons (Fsp3) is 0.500. The van der Waals surface area contributed by atoms with Gasteiger partial charge in [-0.3, -0.25) is 4.79 Å². The minimum Gasteiger partial charge on any atom is -0.388 e. The van der Waals surface area contributed by atoms with Crippen LogP contribution in [0.25, 0.3) is 0 Å². The van der Waals surface area contributed by atoms with Crippen LogP contribution in [0.15, 0.2) is 29.2 Å². The zero-order valence-electron chi connectivity index (χ0n) is 11.5. The van der Waals surface area contributed by atoms with E-state index in [1.54, 1.807) is 12.1 Å². The van der Waals surface area contributed by atoms with Crippen molar-refractivity contribution < 1.29 is 18.7 Å². The van der Waals surface area contributed by atoms with Gasteiger partial charge in [0.05, 0.1) is 11.2 Å². The molecule has 0 radical (unpaired) electrons. The third-order valence-corrected chi connectivity index (χ3v) is 4.03. The van der Waals surface area contributed by atoms with E-state index in [9.17, 15) is 18.7 Å². The Labute approximate surface area is 121 Å². The maximum atomic E-state index is 12.4. The van der Waals surface area contributed by atoms with Gasteiger partial charge in [-0.1, -0.05) is 37.7 Å². The van der Waals surface area contributed by atoms with E-state index < -0.39 is 17.3 Å². The van der Waals surface area contributed by atoms with E-state index in [0.717, 1.165) is 0 Å². The molecule has 0 fully saturated rings. The highest BCUT2D eigenvalue weighted by Gasteiger charge is 2.24. The van der Waals surface area contributed by atoms with Crippen LogP contribution in [0, 0.1) is 0 Å². The molecule has 0 heterocycles. The van der Waals surface area contributed by atoms with E-state index in [1.807, 2.05) is 13.8 Å². The van der Waals surface area contributed by atoms with Gasteiger partial charge in [0.1, 0.15) is 0 Å². The fourth-order valence-electron chi connectivity index (χ4n) is 1.69. The van der Waals surface area contributed by atoms with Gasteiger partial charge in [0, 0.05) is 11.4 Å². The minimum absolute atomic E-state index is 0.104. The predicted molar refractivity (Wildman–Crippen MR) is 76.2 cm³/mol. The van der Waals surface area contributed by atoms with E-state index >= 15 is 0 Å². The number of nitrogens with one attached hydrogen (secondary N) is 1. The molecule has 0 atom stereocenters. The van der Waals surface area contributed by atoms with Crippen LogP contribution in [0.5, 0.6) is 0 Å². The number of halogens is 2. The molecule has 0 spiro atoms. The van der Waals surface area contributed by atoms with Crippen molar-refractivity contribution in [2.45, 2.75) is 42.9 Å². The molecule has 0 aliphatic heterocycles. The van der Waals surface area contributed by atoms with Crippen molar-refractivity contribution in [1.82, 2.24) is 5.32 Å². The van der Waals surface area contributed by atoms with Gasteiger partial charge in [-0.25, -0.2) is 0 Å². The van der Waals surface area contributed by atoms with Gasteiger partial charge in [0.15, 0.2) is 0 Å². The number of rotatable bonds is 7. The summed E-state index contributed by atoms with van der Waals surface area (Å²) in [5, 5.41) is 12.7. The van der Waals surface area contributed by atoms with Gasteiger partial charge in [-0.05, 0) is 25.0 Å². The Morgan fingerprint density at radius 3 is 2.50 bits per heavy atom. The molecule has 0 unspecified atom stereocenters. The SMILES string of the molecule is CCC(O)(CC)CNC(=O)c1ccccc1SC(F)F. The Kier molecular flexibility index (Phi) is 6.42. The monoisotopic (exact) mass is 303 g/mol. The number of carbonyl (C=O) groups is 1. The predicted octanol–water partition coefficient (Wildman–Crippen LogP) is 3.28. The van der Waals surface area contributed by atoms with Gasteiger partial charge in [-0.15, -0.1) is 0 Å². The summed E-state index contributed by atoms with van der Waals surface area (Å²) in [6.07, 6.45) is 1.02. The number of benzene rings is 1. The lowest BCUT2D eigenvalue weighted by atomic mass is 9.97. The second kappa shape index (κ2) is 7.59. The maximum absolute atomic E-state index is 12.4. The Bertz CT molecular complexity index is 451. The number of thioether (sulfide) groups is 1. The lowest BCUT2D eigenvalue weighted by Gasteiger charge is -2.25. The first-order valence-corrected chi connectivity index (χ1v) is 7.34. The Hall–Kier alpha value is -1.14. The summed E-state index contributed by atoms with van der Waals surface area (Å²) in [5.41, 5.74) is -0.757. The van der Waals surface area contributed by atoms with Crippen LogP contribution in [-0.2, 0) is 0 Å². The summed E-state index contributed by atoms with van der Waals surface area (Å²) in [6.45, 7) is 3.76. The molecule has 112 valence electrons. The molecule has 0 aromatic heterocycles. The first-order valence-electron chi connectivity index (χ1n) is 6.46. The largest absolute Gasteiger partial charge is 0.388 e. The van der Waals surface area contributed by atoms with E-state index in [0.29, 0.717) is 24.6 Å². The van der Waals surface area contributed by atoms with E-state index in [4.69, 9.17) is 0 Å². The fourth-order valence-corrected chi connectivity index (χ4v) is 2.33. The van der Waals surface area contributed by atoms with Crippen molar-refractivity contribution in [2.24, 2.45) is 0 Å². The van der Waals surface area contributed by atoms with Gasteiger partial charge in [0.2, 0.25) is 0 Å². The Morgan fingerprint density at radius 2 is 1.95 bits per heavy atom. The third-order valence-electron chi connectivity index (χ3n) is 3.24. The van der Waals surface area contributed by atoms with Crippen LogP contribution in [0.4, 0.5) is 8.78 Å². The first kappa shape index (κ1) is 16.9. The molecule has 1 aromatic rings. The van der Waals surface area contributed by atoms with Crippen molar-refractivity contribution in [2.75, 3.05) is 6.54 Å². The number of carbonyl (C=O) groups excluding carboxylic acids is 1. The number of hydrogen-bond acceptors (Lipinski definition) is 3. The normalized spacial score (nSPS) is 11.7. The van der Waals surface area contributed by atoms with Gasteiger partial charge in [0.25, 0.3) is 11.7 Å². The lowest BCUT2D eigenvalue weighted by Crippen LogP contribution is -2.42. The molecule has 1 rings (SSSR count). The average molecular weight is 303 g/mol. The highest BCUT2D eigenvalue weighted by Crippen LogP contribution is 2.28. The molecule has 1 amide bonds. The topological polar surface area (TPSA) is 49.3 Å². The van der Waals surface area contributed by atoms with Gasteiger partial charge >= 0.3 is 0 Å². The van der Waals surface area contributed by atoms with Crippen LogP contribution in [0.1, 0.15) is 37.0 Å². The molecule has 2 N–H and O–H groups in total. The third kappa shape index (κ3) is 4.76. The molecular weight excluding hydrogens is 284 g/mol. The second-order valence-corrected chi connectivity index (χ2v) is 5.52. The van der Waals surface area contributed by atoms with Crippen LogP contribution in [-0.4, -0.2) is 28.9 Å². The van der Waals surface area contributed by atoms with Crippen LogP contribution >= 0.6 is 11.8 Å². The molecule has 0 bridgehead atoms. The van der Waals surface area contributed by atoms with Crippen molar-refractivity contribution in [1.29, 1.82) is 0 Å². The smallest absolute Gasteiger partial charge is 0.288 e. The zero-order valence-corrected chi connectivity index (χ0v) is 12.3.